The lowest BCUT2D eigenvalue weighted by Crippen LogP contribution is -2.48. The molecule has 0 bridgehead atoms. The van der Waals surface area contributed by atoms with E-state index >= 15 is 0 Å². The second-order valence-electron chi connectivity index (χ2n) is 4.32. The highest BCUT2D eigenvalue weighted by molar-refractivity contribution is 5.85. The summed E-state index contributed by atoms with van der Waals surface area (Å²) in [6.07, 6.45) is 0.847. The minimum atomic E-state index is -0.492. The van der Waals surface area contributed by atoms with Crippen molar-refractivity contribution >= 4 is 18.4 Å². The molecule has 15 heavy (non-hydrogen) atoms. The Morgan fingerprint density at radius 3 is 2.67 bits per heavy atom. The summed E-state index contributed by atoms with van der Waals surface area (Å²) in [5, 5.41) is 0. The number of halogens is 1. The maximum absolute atomic E-state index is 11.4. The smallest absolute Gasteiger partial charge is 0.335 e. The van der Waals surface area contributed by atoms with Crippen LogP contribution in [0.1, 0.15) is 33.6 Å². The summed E-state index contributed by atoms with van der Waals surface area (Å²) in [6.45, 7) is 6.05. The van der Waals surface area contributed by atoms with Gasteiger partial charge in [-0.1, -0.05) is 0 Å². The molecule has 0 aromatic carbocycles. The van der Waals surface area contributed by atoms with Crippen LogP contribution in [-0.4, -0.2) is 30.3 Å². The van der Waals surface area contributed by atoms with E-state index in [2.05, 4.69) is 0 Å². The predicted octanol–water partition coefficient (Wildman–Crippen LogP) is 1.26. The molecule has 0 radical (unpaired) electrons. The Hall–Kier alpha value is -0.320. The molecule has 0 aromatic heterocycles. The zero-order valence-electron chi connectivity index (χ0n) is 9.49. The van der Waals surface area contributed by atoms with Crippen LogP contribution in [0.2, 0.25) is 0 Å². The monoisotopic (exact) mass is 237 g/mol. The van der Waals surface area contributed by atoms with Gasteiger partial charge < -0.3 is 15.2 Å². The molecule has 1 heterocycles. The van der Waals surface area contributed by atoms with Crippen LogP contribution in [-0.2, 0) is 14.3 Å². The molecule has 1 aliphatic heterocycles. The lowest BCUT2D eigenvalue weighted by molar-refractivity contribution is -0.176. The molecule has 0 spiro atoms. The number of carbonyl (C=O) groups excluding carboxylic acids is 1. The van der Waals surface area contributed by atoms with E-state index in [1.165, 1.54) is 0 Å². The van der Waals surface area contributed by atoms with Gasteiger partial charge in [-0.05, 0) is 33.6 Å². The zero-order valence-corrected chi connectivity index (χ0v) is 10.3. The molecule has 2 atom stereocenters. The largest absolute Gasteiger partial charge is 0.464 e. The van der Waals surface area contributed by atoms with E-state index in [4.69, 9.17) is 15.2 Å². The Balaban J connectivity index is 0.00000196. The molecule has 0 saturated carbocycles. The molecule has 4 nitrogen and oxygen atoms in total. The van der Waals surface area contributed by atoms with Crippen molar-refractivity contribution in [1.29, 1.82) is 0 Å². The minimum Gasteiger partial charge on any atom is -0.464 e. The molecular weight excluding hydrogens is 218 g/mol. The summed E-state index contributed by atoms with van der Waals surface area (Å²) in [7, 11) is 0. The van der Waals surface area contributed by atoms with Crippen LogP contribution in [0.25, 0.3) is 0 Å². The standard InChI is InChI=1S/C10H19NO3.ClH/c1-4-13-9(12)8-5-7(11)6-10(2,3)14-8;/h7-8H,4-6,11H2,1-3H3;1H/t7-,8+;/m1./s1. The average Bonchev–Trinajstić information content (AvgIpc) is 2.00. The third-order valence-electron chi connectivity index (χ3n) is 2.28. The molecule has 1 saturated heterocycles. The van der Waals surface area contributed by atoms with Gasteiger partial charge >= 0.3 is 5.97 Å². The van der Waals surface area contributed by atoms with E-state index in [1.807, 2.05) is 13.8 Å². The fourth-order valence-electron chi connectivity index (χ4n) is 1.85. The first kappa shape index (κ1) is 14.7. The lowest BCUT2D eigenvalue weighted by atomic mass is 9.91. The number of rotatable bonds is 2. The molecule has 2 N–H and O–H groups in total. The molecule has 1 rings (SSSR count). The average molecular weight is 238 g/mol. The third kappa shape index (κ3) is 4.36. The van der Waals surface area contributed by atoms with E-state index in [9.17, 15) is 4.79 Å². The Morgan fingerprint density at radius 2 is 2.20 bits per heavy atom. The fourth-order valence-corrected chi connectivity index (χ4v) is 1.85. The number of hydrogen-bond donors (Lipinski definition) is 1. The third-order valence-corrected chi connectivity index (χ3v) is 2.28. The van der Waals surface area contributed by atoms with Crippen molar-refractivity contribution in [1.82, 2.24) is 0 Å². The number of ether oxygens (including phenoxy) is 2. The normalized spacial score (nSPS) is 29.1. The van der Waals surface area contributed by atoms with Crippen LogP contribution in [0, 0.1) is 0 Å². The van der Waals surface area contributed by atoms with Gasteiger partial charge in [-0.25, -0.2) is 4.79 Å². The Kier molecular flexibility index (Phi) is 5.56. The molecule has 5 heteroatoms. The van der Waals surface area contributed by atoms with Crippen molar-refractivity contribution < 1.29 is 14.3 Å². The van der Waals surface area contributed by atoms with Crippen LogP contribution < -0.4 is 5.73 Å². The zero-order chi connectivity index (χ0) is 10.8. The van der Waals surface area contributed by atoms with Gasteiger partial charge in [0.05, 0.1) is 12.2 Å². The van der Waals surface area contributed by atoms with Gasteiger partial charge in [0, 0.05) is 6.04 Å². The fraction of sp³-hybridized carbons (Fsp3) is 0.900. The van der Waals surface area contributed by atoms with Gasteiger partial charge in [0.25, 0.3) is 0 Å². The quantitative estimate of drug-likeness (QED) is 0.735. The Morgan fingerprint density at radius 1 is 1.60 bits per heavy atom. The van der Waals surface area contributed by atoms with Crippen LogP contribution in [0.5, 0.6) is 0 Å². The summed E-state index contributed by atoms with van der Waals surface area (Å²) < 4.78 is 10.5. The van der Waals surface area contributed by atoms with Gasteiger partial charge in [0.2, 0.25) is 0 Å². The summed E-state index contributed by atoms with van der Waals surface area (Å²) >= 11 is 0. The molecule has 1 fully saturated rings. The summed E-state index contributed by atoms with van der Waals surface area (Å²) in [5.74, 6) is -0.296. The summed E-state index contributed by atoms with van der Waals surface area (Å²) in [5.41, 5.74) is 5.52. The van der Waals surface area contributed by atoms with E-state index in [0.29, 0.717) is 13.0 Å². The molecule has 0 aromatic rings. The number of carbonyl (C=O) groups is 1. The van der Waals surface area contributed by atoms with Gasteiger partial charge in [0.1, 0.15) is 0 Å². The first-order valence-electron chi connectivity index (χ1n) is 5.04. The topological polar surface area (TPSA) is 61.5 Å². The SMILES string of the molecule is CCOC(=O)[C@@H]1C[C@@H](N)CC(C)(C)O1.Cl. The van der Waals surface area contributed by atoms with Gasteiger partial charge in [-0.2, -0.15) is 0 Å². The van der Waals surface area contributed by atoms with E-state index in [1.54, 1.807) is 6.92 Å². The van der Waals surface area contributed by atoms with Crippen molar-refractivity contribution in [2.24, 2.45) is 5.73 Å². The molecule has 0 aliphatic carbocycles. The van der Waals surface area contributed by atoms with E-state index in [0.717, 1.165) is 6.42 Å². The maximum atomic E-state index is 11.4. The van der Waals surface area contributed by atoms with Crippen molar-refractivity contribution in [3.63, 3.8) is 0 Å². The van der Waals surface area contributed by atoms with Crippen LogP contribution >= 0.6 is 12.4 Å². The van der Waals surface area contributed by atoms with Gasteiger partial charge in [0.15, 0.2) is 6.10 Å². The second kappa shape index (κ2) is 5.68. The van der Waals surface area contributed by atoms with Crippen molar-refractivity contribution in [3.8, 4) is 0 Å². The van der Waals surface area contributed by atoms with E-state index < -0.39 is 6.10 Å². The summed E-state index contributed by atoms with van der Waals surface area (Å²) in [4.78, 5) is 11.4. The minimum absolute atomic E-state index is 0. The Bertz CT molecular complexity index is 221. The second-order valence-corrected chi connectivity index (χ2v) is 4.32. The van der Waals surface area contributed by atoms with Gasteiger partial charge in [-0.15, -0.1) is 12.4 Å². The van der Waals surface area contributed by atoms with Crippen LogP contribution in [0.15, 0.2) is 0 Å². The highest BCUT2D eigenvalue weighted by Crippen LogP contribution is 2.27. The number of hydrogen-bond acceptors (Lipinski definition) is 4. The molecule has 90 valence electrons. The first-order chi connectivity index (χ1) is 6.44. The molecule has 0 unspecified atom stereocenters. The van der Waals surface area contributed by atoms with Gasteiger partial charge in [-0.3, -0.25) is 0 Å². The highest BCUT2D eigenvalue weighted by Gasteiger charge is 2.37. The van der Waals surface area contributed by atoms with E-state index in [-0.39, 0.29) is 30.0 Å². The number of nitrogens with two attached hydrogens (primary N) is 1. The predicted molar refractivity (Wildman–Crippen MR) is 60.0 cm³/mol. The number of esters is 1. The maximum Gasteiger partial charge on any atom is 0.335 e. The molecule has 0 amide bonds. The van der Waals surface area contributed by atoms with Crippen molar-refractivity contribution in [2.45, 2.75) is 51.4 Å². The van der Waals surface area contributed by atoms with Crippen LogP contribution in [0.4, 0.5) is 0 Å². The lowest BCUT2D eigenvalue weighted by Gasteiger charge is -2.37. The van der Waals surface area contributed by atoms with Crippen molar-refractivity contribution in [2.75, 3.05) is 6.61 Å². The molecular formula is C10H20ClNO3. The first-order valence-corrected chi connectivity index (χ1v) is 5.04. The highest BCUT2D eigenvalue weighted by atomic mass is 35.5. The van der Waals surface area contributed by atoms with Crippen molar-refractivity contribution in [3.05, 3.63) is 0 Å². The van der Waals surface area contributed by atoms with Crippen LogP contribution in [0.3, 0.4) is 0 Å². The Labute approximate surface area is 96.9 Å². The molecule has 1 aliphatic rings. The summed E-state index contributed by atoms with van der Waals surface area (Å²) in [6, 6.07) is 0.0214.